The standard InChI is InChI=1S/C27H28FNO2/c1-3-17(2)27-24(13-8-18-14-21(30)16-22(31)15-18)26(19-9-11-20(28)12-10-19)23-6-4-5-7-25(23)29-27/h4-13,17-18,21,30H,3,14-16H2,1-2H3/b13-8+/t17?,18-,21-/m1/s1. The molecule has 0 amide bonds. The molecule has 1 aromatic heterocycles. The van der Waals surface area contributed by atoms with Gasteiger partial charge in [-0.2, -0.15) is 0 Å². The first-order chi connectivity index (χ1) is 15.0. The van der Waals surface area contributed by atoms with Crippen molar-refractivity contribution in [1.82, 2.24) is 4.98 Å². The lowest BCUT2D eigenvalue weighted by atomic mass is 9.84. The van der Waals surface area contributed by atoms with Gasteiger partial charge in [-0.15, -0.1) is 0 Å². The number of rotatable bonds is 5. The van der Waals surface area contributed by atoms with Gasteiger partial charge in [0.1, 0.15) is 11.6 Å². The van der Waals surface area contributed by atoms with Crippen LogP contribution in [0.2, 0.25) is 0 Å². The molecule has 0 radical (unpaired) electrons. The van der Waals surface area contributed by atoms with Crippen LogP contribution in [0.4, 0.5) is 4.39 Å². The van der Waals surface area contributed by atoms with Crippen LogP contribution in [-0.4, -0.2) is 22.0 Å². The van der Waals surface area contributed by atoms with Crippen molar-refractivity contribution in [2.45, 2.75) is 51.6 Å². The van der Waals surface area contributed by atoms with Crippen molar-refractivity contribution in [1.29, 1.82) is 0 Å². The second-order valence-corrected chi connectivity index (χ2v) is 8.57. The summed E-state index contributed by atoms with van der Waals surface area (Å²) in [6, 6.07) is 14.6. The van der Waals surface area contributed by atoms with Gasteiger partial charge in [-0.3, -0.25) is 9.78 Å². The number of carbonyl (C=O) groups excluding carboxylic acids is 1. The molecule has 0 aliphatic heterocycles. The Morgan fingerprint density at radius 3 is 2.61 bits per heavy atom. The Kier molecular flexibility index (Phi) is 6.28. The number of para-hydroxylation sites is 1. The number of aliphatic hydroxyl groups is 1. The van der Waals surface area contributed by atoms with Crippen molar-refractivity contribution in [2.75, 3.05) is 0 Å². The van der Waals surface area contributed by atoms with Gasteiger partial charge in [0.15, 0.2) is 0 Å². The Balaban J connectivity index is 1.92. The highest BCUT2D eigenvalue weighted by molar-refractivity contribution is 5.99. The van der Waals surface area contributed by atoms with Crippen LogP contribution in [0, 0.1) is 11.7 Å². The van der Waals surface area contributed by atoms with Crippen molar-refractivity contribution < 1.29 is 14.3 Å². The number of hydrogen-bond donors (Lipinski definition) is 1. The summed E-state index contributed by atoms with van der Waals surface area (Å²) in [5.41, 5.74) is 4.88. The molecule has 1 N–H and O–H groups in total. The third-order valence-electron chi connectivity index (χ3n) is 6.23. The first-order valence-electron chi connectivity index (χ1n) is 11.0. The highest BCUT2D eigenvalue weighted by atomic mass is 19.1. The maximum Gasteiger partial charge on any atom is 0.136 e. The highest BCUT2D eigenvalue weighted by Crippen LogP contribution is 2.38. The molecule has 1 aliphatic rings. The van der Waals surface area contributed by atoms with Crippen LogP contribution in [0.15, 0.2) is 54.6 Å². The van der Waals surface area contributed by atoms with Crippen molar-refractivity contribution in [3.8, 4) is 11.1 Å². The number of aliphatic hydroxyl groups excluding tert-OH is 1. The zero-order chi connectivity index (χ0) is 22.0. The third-order valence-corrected chi connectivity index (χ3v) is 6.23. The van der Waals surface area contributed by atoms with E-state index in [0.29, 0.717) is 12.8 Å². The first-order valence-corrected chi connectivity index (χ1v) is 11.0. The van der Waals surface area contributed by atoms with Crippen LogP contribution in [0.1, 0.15) is 56.7 Å². The van der Waals surface area contributed by atoms with Crippen molar-refractivity contribution in [3.05, 3.63) is 71.7 Å². The van der Waals surface area contributed by atoms with Gasteiger partial charge in [0.2, 0.25) is 0 Å². The first kappa shape index (κ1) is 21.4. The predicted octanol–water partition coefficient (Wildman–Crippen LogP) is 6.30. The summed E-state index contributed by atoms with van der Waals surface area (Å²) in [4.78, 5) is 17.0. The van der Waals surface area contributed by atoms with Crippen LogP contribution in [-0.2, 0) is 4.79 Å². The summed E-state index contributed by atoms with van der Waals surface area (Å²) < 4.78 is 13.7. The van der Waals surface area contributed by atoms with Crippen molar-refractivity contribution >= 4 is 22.8 Å². The molecule has 4 heteroatoms. The summed E-state index contributed by atoms with van der Waals surface area (Å²) in [5, 5.41) is 11.0. The van der Waals surface area contributed by atoms with E-state index < -0.39 is 6.10 Å². The average Bonchev–Trinajstić information content (AvgIpc) is 2.76. The van der Waals surface area contributed by atoms with E-state index >= 15 is 0 Å². The van der Waals surface area contributed by atoms with Gasteiger partial charge in [0.05, 0.1) is 17.3 Å². The topological polar surface area (TPSA) is 50.2 Å². The largest absolute Gasteiger partial charge is 0.393 e. The number of halogens is 1. The molecule has 0 bridgehead atoms. The van der Waals surface area contributed by atoms with E-state index in [9.17, 15) is 14.3 Å². The van der Waals surface area contributed by atoms with E-state index in [1.165, 1.54) is 12.1 Å². The maximum absolute atomic E-state index is 13.7. The number of Topliss-reactive ketones (excluding diaryl/α,β-unsaturated/α-hetero) is 1. The van der Waals surface area contributed by atoms with Gasteiger partial charge in [-0.05, 0) is 48.4 Å². The van der Waals surface area contributed by atoms with Gasteiger partial charge >= 0.3 is 0 Å². The fourth-order valence-corrected chi connectivity index (χ4v) is 4.44. The summed E-state index contributed by atoms with van der Waals surface area (Å²) in [6.45, 7) is 4.31. The van der Waals surface area contributed by atoms with E-state index in [1.807, 2.05) is 42.5 Å². The summed E-state index contributed by atoms with van der Waals surface area (Å²) in [6.07, 6.45) is 5.78. The summed E-state index contributed by atoms with van der Waals surface area (Å²) in [7, 11) is 0. The molecule has 0 saturated heterocycles. The molecule has 0 spiro atoms. The Morgan fingerprint density at radius 1 is 1.16 bits per heavy atom. The highest BCUT2D eigenvalue weighted by Gasteiger charge is 2.25. The lowest BCUT2D eigenvalue weighted by Crippen LogP contribution is -2.25. The fourth-order valence-electron chi connectivity index (χ4n) is 4.44. The SMILES string of the molecule is CCC(C)c1nc2ccccc2c(-c2ccc(F)cc2)c1/C=C/[C@H]1CC(=O)C[C@H](O)C1. The van der Waals surface area contributed by atoms with Crippen LogP contribution in [0.25, 0.3) is 28.1 Å². The second-order valence-electron chi connectivity index (χ2n) is 8.57. The number of carbonyl (C=O) groups is 1. The number of pyridine rings is 1. The summed E-state index contributed by atoms with van der Waals surface area (Å²) in [5.74, 6) is 0.0811. The third kappa shape index (κ3) is 4.59. The predicted molar refractivity (Wildman–Crippen MR) is 123 cm³/mol. The fraction of sp³-hybridized carbons (Fsp3) is 0.333. The smallest absolute Gasteiger partial charge is 0.136 e. The molecule has 1 aliphatic carbocycles. The quantitative estimate of drug-likeness (QED) is 0.530. The van der Waals surface area contributed by atoms with E-state index in [-0.39, 0.29) is 29.9 Å². The molecule has 1 saturated carbocycles. The maximum atomic E-state index is 13.7. The Bertz CT molecular complexity index is 1120. The molecule has 3 nitrogen and oxygen atoms in total. The van der Waals surface area contributed by atoms with E-state index in [0.717, 1.165) is 39.7 Å². The Morgan fingerprint density at radius 2 is 1.90 bits per heavy atom. The molecule has 160 valence electrons. The molecule has 2 aromatic carbocycles. The van der Waals surface area contributed by atoms with E-state index in [2.05, 4.69) is 19.9 Å². The number of hydrogen-bond acceptors (Lipinski definition) is 3. The van der Waals surface area contributed by atoms with Gasteiger partial charge in [-0.25, -0.2) is 4.39 Å². The van der Waals surface area contributed by atoms with Crippen LogP contribution in [0.3, 0.4) is 0 Å². The number of nitrogens with zero attached hydrogens (tertiary/aromatic N) is 1. The zero-order valence-electron chi connectivity index (χ0n) is 18.0. The number of fused-ring (bicyclic) bond motifs is 1. The van der Waals surface area contributed by atoms with Gasteiger partial charge in [0.25, 0.3) is 0 Å². The molecule has 1 heterocycles. The monoisotopic (exact) mass is 417 g/mol. The van der Waals surface area contributed by atoms with Crippen LogP contribution in [0.5, 0.6) is 0 Å². The minimum Gasteiger partial charge on any atom is -0.393 e. The Labute approximate surface area is 182 Å². The Hall–Kier alpha value is -2.85. The van der Waals surface area contributed by atoms with Gasteiger partial charge < -0.3 is 5.11 Å². The normalized spacial score (nSPS) is 20.5. The van der Waals surface area contributed by atoms with Crippen LogP contribution < -0.4 is 0 Å². The van der Waals surface area contributed by atoms with Gasteiger partial charge in [0, 0.05) is 29.4 Å². The molecule has 1 unspecified atom stereocenters. The molecular weight excluding hydrogens is 389 g/mol. The lowest BCUT2D eigenvalue weighted by molar-refractivity contribution is -0.124. The van der Waals surface area contributed by atoms with E-state index in [1.54, 1.807) is 0 Å². The molecular formula is C27H28FNO2. The van der Waals surface area contributed by atoms with Crippen molar-refractivity contribution in [3.63, 3.8) is 0 Å². The number of allylic oxidation sites excluding steroid dienone is 1. The molecule has 4 rings (SSSR count). The van der Waals surface area contributed by atoms with Crippen molar-refractivity contribution in [2.24, 2.45) is 5.92 Å². The van der Waals surface area contributed by atoms with E-state index in [4.69, 9.17) is 4.98 Å². The minimum absolute atomic E-state index is 0.00794. The average molecular weight is 418 g/mol. The molecule has 31 heavy (non-hydrogen) atoms. The lowest BCUT2D eigenvalue weighted by Gasteiger charge is -2.23. The number of benzene rings is 2. The summed E-state index contributed by atoms with van der Waals surface area (Å²) >= 11 is 0. The number of ketones is 1. The second kappa shape index (κ2) is 9.11. The zero-order valence-corrected chi connectivity index (χ0v) is 18.0. The van der Waals surface area contributed by atoms with Crippen LogP contribution >= 0.6 is 0 Å². The molecule has 1 fully saturated rings. The molecule has 3 atom stereocenters. The molecule has 3 aromatic rings. The number of aromatic nitrogens is 1. The van der Waals surface area contributed by atoms with Gasteiger partial charge in [-0.1, -0.05) is 56.3 Å². The minimum atomic E-state index is -0.573.